The Labute approximate surface area is 235 Å². The standard InChI is InChI=1S/C26H41ClN4O7S/c1-16(2)21(30-24(34)29-14-26(5,6)38-23(33)20(28)13-39(35,36)37)22(32)31-12-11-19(25(3,4)15-31)17-7-9-18(27)10-8-17/h7-10,16,19-21H,11-15,28H2,1-6H3,(H2,29,30,34)(H,35,36,37). The molecule has 0 spiro atoms. The van der Waals surface area contributed by atoms with Crippen LogP contribution < -0.4 is 16.4 Å². The van der Waals surface area contributed by atoms with Crippen LogP contribution >= 0.6 is 11.6 Å². The topological polar surface area (TPSA) is 168 Å². The fraction of sp³-hybridized carbons (Fsp3) is 0.654. The predicted octanol–water partition coefficient (Wildman–Crippen LogP) is 2.54. The molecule has 5 N–H and O–H groups in total. The van der Waals surface area contributed by atoms with Gasteiger partial charge in [0.15, 0.2) is 0 Å². The maximum atomic E-state index is 13.5. The maximum absolute atomic E-state index is 13.5. The molecule has 1 aromatic carbocycles. The molecule has 3 atom stereocenters. The number of hydrogen-bond acceptors (Lipinski definition) is 7. The van der Waals surface area contributed by atoms with Crippen molar-refractivity contribution in [2.45, 2.75) is 71.6 Å². The molecule has 11 nitrogen and oxygen atoms in total. The lowest BCUT2D eigenvalue weighted by Crippen LogP contribution is -2.58. The second kappa shape index (κ2) is 12.8. The van der Waals surface area contributed by atoms with E-state index in [9.17, 15) is 22.8 Å². The van der Waals surface area contributed by atoms with E-state index in [1.54, 1.807) is 4.90 Å². The highest BCUT2D eigenvalue weighted by molar-refractivity contribution is 7.85. The first-order chi connectivity index (χ1) is 17.8. The Morgan fingerprint density at radius 3 is 2.33 bits per heavy atom. The van der Waals surface area contributed by atoms with Gasteiger partial charge in [-0.1, -0.05) is 51.4 Å². The lowest BCUT2D eigenvalue weighted by molar-refractivity contribution is -0.157. The van der Waals surface area contributed by atoms with E-state index in [0.717, 1.165) is 6.42 Å². The lowest BCUT2D eigenvalue weighted by Gasteiger charge is -2.45. The number of rotatable bonds is 10. The maximum Gasteiger partial charge on any atom is 0.324 e. The van der Waals surface area contributed by atoms with Crippen molar-refractivity contribution in [3.8, 4) is 0 Å². The summed E-state index contributed by atoms with van der Waals surface area (Å²) in [6.45, 7) is 11.9. The molecule has 0 aliphatic carbocycles. The van der Waals surface area contributed by atoms with Crippen LogP contribution in [-0.4, -0.2) is 78.8 Å². The highest BCUT2D eigenvalue weighted by atomic mass is 35.5. The number of nitrogens with one attached hydrogen (secondary N) is 2. The number of hydrogen-bond donors (Lipinski definition) is 4. The number of carbonyl (C=O) groups is 3. The highest BCUT2D eigenvalue weighted by Crippen LogP contribution is 2.42. The Morgan fingerprint density at radius 2 is 1.82 bits per heavy atom. The molecule has 0 radical (unpaired) electrons. The van der Waals surface area contributed by atoms with Gasteiger partial charge >= 0.3 is 12.0 Å². The van der Waals surface area contributed by atoms with Gasteiger partial charge in [-0.25, -0.2) is 4.79 Å². The minimum atomic E-state index is -4.46. The smallest absolute Gasteiger partial charge is 0.324 e. The van der Waals surface area contributed by atoms with Crippen molar-refractivity contribution in [3.05, 3.63) is 34.9 Å². The molecule has 0 saturated carbocycles. The van der Waals surface area contributed by atoms with Crippen molar-refractivity contribution < 1.29 is 32.1 Å². The Bertz CT molecular complexity index is 1140. The molecule has 3 amide bonds. The third-order valence-electron chi connectivity index (χ3n) is 6.78. The zero-order valence-corrected chi connectivity index (χ0v) is 24.9. The Hall–Kier alpha value is -2.41. The molecule has 3 unspecified atom stereocenters. The third-order valence-corrected chi connectivity index (χ3v) is 7.81. The normalized spacial score (nSPS) is 19.2. The summed E-state index contributed by atoms with van der Waals surface area (Å²) < 4.78 is 36.0. The summed E-state index contributed by atoms with van der Waals surface area (Å²) in [5.41, 5.74) is 5.21. The van der Waals surface area contributed by atoms with Gasteiger partial charge in [0.1, 0.15) is 23.4 Å². The van der Waals surface area contributed by atoms with Gasteiger partial charge in [0, 0.05) is 18.1 Å². The number of esters is 1. The molecule has 1 heterocycles. The average molecular weight is 589 g/mol. The summed E-state index contributed by atoms with van der Waals surface area (Å²) in [7, 11) is -4.46. The fourth-order valence-electron chi connectivity index (χ4n) is 4.73. The van der Waals surface area contributed by atoms with Gasteiger partial charge in [0.2, 0.25) is 5.91 Å². The molecular formula is C26H41ClN4O7S. The quantitative estimate of drug-likeness (QED) is 0.239. The van der Waals surface area contributed by atoms with Gasteiger partial charge in [0.25, 0.3) is 10.1 Å². The van der Waals surface area contributed by atoms with Crippen LogP contribution in [0.5, 0.6) is 0 Å². The minimum Gasteiger partial charge on any atom is -0.457 e. The van der Waals surface area contributed by atoms with Crippen molar-refractivity contribution >= 4 is 39.6 Å². The zero-order chi connectivity index (χ0) is 29.8. The number of benzene rings is 1. The van der Waals surface area contributed by atoms with Crippen molar-refractivity contribution in [2.75, 3.05) is 25.4 Å². The zero-order valence-electron chi connectivity index (χ0n) is 23.4. The molecule has 1 aliphatic heterocycles. The third kappa shape index (κ3) is 9.93. The van der Waals surface area contributed by atoms with Crippen LogP contribution in [0.3, 0.4) is 0 Å². The number of nitrogens with two attached hydrogens (primary N) is 1. The van der Waals surface area contributed by atoms with Crippen LogP contribution in [0.25, 0.3) is 0 Å². The summed E-state index contributed by atoms with van der Waals surface area (Å²) in [5, 5.41) is 6.00. The van der Waals surface area contributed by atoms with Gasteiger partial charge in [-0.15, -0.1) is 0 Å². The summed E-state index contributed by atoms with van der Waals surface area (Å²) in [5.74, 6) is -2.14. The first-order valence-corrected chi connectivity index (χ1v) is 14.8. The summed E-state index contributed by atoms with van der Waals surface area (Å²) >= 11 is 6.05. The number of halogens is 1. The van der Waals surface area contributed by atoms with Crippen LogP contribution in [-0.2, 0) is 24.4 Å². The molecule has 39 heavy (non-hydrogen) atoms. The van der Waals surface area contributed by atoms with Gasteiger partial charge < -0.3 is 26.0 Å². The minimum absolute atomic E-state index is 0.137. The second-order valence-electron chi connectivity index (χ2n) is 11.7. The van der Waals surface area contributed by atoms with Crippen LogP contribution in [0.15, 0.2) is 24.3 Å². The second-order valence-corrected chi connectivity index (χ2v) is 13.7. The Balaban J connectivity index is 1.97. The van der Waals surface area contributed by atoms with Gasteiger partial charge in [-0.3, -0.25) is 14.1 Å². The Kier molecular flexibility index (Phi) is 10.8. The lowest BCUT2D eigenvalue weighted by atomic mass is 9.70. The molecule has 2 rings (SSSR count). The average Bonchev–Trinajstić information content (AvgIpc) is 2.79. The summed E-state index contributed by atoms with van der Waals surface area (Å²) in [4.78, 5) is 40.1. The largest absolute Gasteiger partial charge is 0.457 e. The number of nitrogens with zero attached hydrogens (tertiary/aromatic N) is 1. The number of carbonyl (C=O) groups excluding carboxylic acids is 3. The van der Waals surface area contributed by atoms with Gasteiger partial charge in [-0.05, 0) is 55.2 Å². The predicted molar refractivity (Wildman–Crippen MR) is 149 cm³/mol. The van der Waals surface area contributed by atoms with Gasteiger partial charge in [-0.2, -0.15) is 8.42 Å². The van der Waals surface area contributed by atoms with E-state index in [1.165, 1.54) is 19.4 Å². The van der Waals surface area contributed by atoms with Crippen molar-refractivity contribution in [1.29, 1.82) is 0 Å². The van der Waals surface area contributed by atoms with E-state index in [0.29, 0.717) is 18.1 Å². The summed E-state index contributed by atoms with van der Waals surface area (Å²) in [6.07, 6.45) is 0.774. The van der Waals surface area contributed by atoms with E-state index >= 15 is 0 Å². The van der Waals surface area contributed by atoms with E-state index in [1.807, 2.05) is 38.1 Å². The van der Waals surface area contributed by atoms with E-state index in [4.69, 9.17) is 26.6 Å². The van der Waals surface area contributed by atoms with Crippen molar-refractivity contribution in [2.24, 2.45) is 17.1 Å². The van der Waals surface area contributed by atoms with Crippen molar-refractivity contribution in [1.82, 2.24) is 15.5 Å². The number of ether oxygens (including phenoxy) is 1. The van der Waals surface area contributed by atoms with Gasteiger partial charge in [0.05, 0.1) is 6.54 Å². The first-order valence-electron chi connectivity index (χ1n) is 12.8. The molecule has 13 heteroatoms. The molecular weight excluding hydrogens is 548 g/mol. The number of amides is 3. The molecule has 1 fully saturated rings. The molecule has 0 bridgehead atoms. The van der Waals surface area contributed by atoms with Crippen LogP contribution in [0.4, 0.5) is 4.79 Å². The SMILES string of the molecule is CC(C)C(NC(=O)NCC(C)(C)OC(=O)C(N)CS(=O)(=O)O)C(=O)N1CCC(c2ccc(Cl)cc2)C(C)(C)C1. The summed E-state index contributed by atoms with van der Waals surface area (Å²) in [6, 6.07) is 4.82. The number of piperidine rings is 1. The van der Waals surface area contributed by atoms with Crippen LogP contribution in [0.1, 0.15) is 59.4 Å². The first kappa shape index (κ1) is 32.8. The van der Waals surface area contributed by atoms with Crippen LogP contribution in [0, 0.1) is 11.3 Å². The van der Waals surface area contributed by atoms with Crippen LogP contribution in [0.2, 0.25) is 5.02 Å². The fourth-order valence-corrected chi connectivity index (χ4v) is 5.45. The number of urea groups is 1. The monoisotopic (exact) mass is 588 g/mol. The molecule has 220 valence electrons. The highest BCUT2D eigenvalue weighted by Gasteiger charge is 2.40. The van der Waals surface area contributed by atoms with E-state index < -0.39 is 45.6 Å². The Morgan fingerprint density at radius 1 is 1.23 bits per heavy atom. The number of likely N-dealkylation sites (tertiary alicyclic amines) is 1. The molecule has 0 aromatic heterocycles. The molecule has 1 aromatic rings. The molecule has 1 saturated heterocycles. The molecule has 1 aliphatic rings. The van der Waals surface area contributed by atoms with E-state index in [2.05, 4.69) is 24.5 Å². The van der Waals surface area contributed by atoms with Crippen molar-refractivity contribution in [3.63, 3.8) is 0 Å². The van der Waals surface area contributed by atoms with E-state index in [-0.39, 0.29) is 29.7 Å².